The van der Waals surface area contributed by atoms with Crippen molar-refractivity contribution < 1.29 is 4.74 Å². The summed E-state index contributed by atoms with van der Waals surface area (Å²) in [5.41, 5.74) is 1.18. The Bertz CT molecular complexity index is 489. The number of hydrogen-bond acceptors (Lipinski definition) is 3. The highest BCUT2D eigenvalue weighted by atomic mass is 16.5. The van der Waals surface area contributed by atoms with Gasteiger partial charge >= 0.3 is 0 Å². The third-order valence-electron chi connectivity index (χ3n) is 4.23. The van der Waals surface area contributed by atoms with Gasteiger partial charge in [-0.1, -0.05) is 19.1 Å². The van der Waals surface area contributed by atoms with Gasteiger partial charge < -0.3 is 15.4 Å². The van der Waals surface area contributed by atoms with E-state index in [1.54, 1.807) is 7.11 Å². The van der Waals surface area contributed by atoms with Gasteiger partial charge in [0.1, 0.15) is 5.75 Å². The monoisotopic (exact) mass is 304 g/mol. The maximum atomic E-state index is 5.25. The first kappa shape index (κ1) is 16.6. The molecule has 1 aromatic carbocycles. The largest absolute Gasteiger partial charge is 0.497 e. The van der Waals surface area contributed by atoms with E-state index >= 15 is 0 Å². The second-order valence-electron chi connectivity index (χ2n) is 5.58. The van der Waals surface area contributed by atoms with E-state index in [9.17, 15) is 0 Å². The standard InChI is InChI=1S/C17H28N4O/c1-4-21-10-6-8-15(21)13-20-17(18-2)19-12-14-7-5-9-16(11-14)22-3/h5,7,9,11,15H,4,6,8,10,12-13H2,1-3H3,(H2,18,19,20). The van der Waals surface area contributed by atoms with E-state index in [4.69, 9.17) is 4.74 Å². The molecule has 1 atom stereocenters. The third-order valence-corrected chi connectivity index (χ3v) is 4.23. The maximum absolute atomic E-state index is 5.25. The molecule has 1 unspecified atom stereocenters. The van der Waals surface area contributed by atoms with E-state index in [-0.39, 0.29) is 0 Å². The summed E-state index contributed by atoms with van der Waals surface area (Å²) in [7, 11) is 3.50. The maximum Gasteiger partial charge on any atom is 0.191 e. The summed E-state index contributed by atoms with van der Waals surface area (Å²) in [5, 5.41) is 6.80. The van der Waals surface area contributed by atoms with Crippen LogP contribution in [0.25, 0.3) is 0 Å². The predicted octanol–water partition coefficient (Wildman–Crippen LogP) is 1.84. The van der Waals surface area contributed by atoms with Crippen LogP contribution in [0.1, 0.15) is 25.3 Å². The van der Waals surface area contributed by atoms with Gasteiger partial charge in [-0.15, -0.1) is 0 Å². The zero-order chi connectivity index (χ0) is 15.8. The van der Waals surface area contributed by atoms with Crippen LogP contribution in [0, 0.1) is 0 Å². The molecule has 0 amide bonds. The highest BCUT2D eigenvalue weighted by molar-refractivity contribution is 5.79. The van der Waals surface area contributed by atoms with Gasteiger partial charge in [0.15, 0.2) is 5.96 Å². The fourth-order valence-electron chi connectivity index (χ4n) is 2.95. The summed E-state index contributed by atoms with van der Waals surface area (Å²) in [4.78, 5) is 6.83. The van der Waals surface area contributed by atoms with Gasteiger partial charge in [0.05, 0.1) is 7.11 Å². The fraction of sp³-hybridized carbons (Fsp3) is 0.588. The number of likely N-dealkylation sites (N-methyl/N-ethyl adjacent to an activating group) is 1. The molecule has 1 aliphatic rings. The summed E-state index contributed by atoms with van der Waals surface area (Å²) in [5.74, 6) is 1.73. The number of hydrogen-bond donors (Lipinski definition) is 2. The van der Waals surface area contributed by atoms with Crippen molar-refractivity contribution >= 4 is 5.96 Å². The van der Waals surface area contributed by atoms with Crippen molar-refractivity contribution in [3.63, 3.8) is 0 Å². The lowest BCUT2D eigenvalue weighted by Crippen LogP contribution is -2.44. The normalized spacial score (nSPS) is 19.2. The molecule has 122 valence electrons. The molecule has 0 bridgehead atoms. The van der Waals surface area contributed by atoms with E-state index in [1.165, 1.54) is 24.9 Å². The Morgan fingerprint density at radius 1 is 1.41 bits per heavy atom. The van der Waals surface area contributed by atoms with Crippen LogP contribution in [0.3, 0.4) is 0 Å². The van der Waals surface area contributed by atoms with Crippen LogP contribution in [0.4, 0.5) is 0 Å². The molecule has 1 heterocycles. The number of benzene rings is 1. The van der Waals surface area contributed by atoms with E-state index < -0.39 is 0 Å². The molecule has 1 saturated heterocycles. The number of nitrogens with one attached hydrogen (secondary N) is 2. The Morgan fingerprint density at radius 3 is 3.00 bits per heavy atom. The molecule has 0 spiro atoms. The number of aliphatic imine (C=N–C) groups is 1. The average molecular weight is 304 g/mol. The molecule has 0 radical (unpaired) electrons. The molecule has 22 heavy (non-hydrogen) atoms. The van der Waals surface area contributed by atoms with Gasteiger partial charge in [-0.25, -0.2) is 0 Å². The Labute approximate surface area is 133 Å². The number of likely N-dealkylation sites (tertiary alicyclic amines) is 1. The fourth-order valence-corrected chi connectivity index (χ4v) is 2.95. The zero-order valence-electron chi connectivity index (χ0n) is 13.9. The van der Waals surface area contributed by atoms with Gasteiger partial charge in [0.25, 0.3) is 0 Å². The minimum Gasteiger partial charge on any atom is -0.497 e. The number of rotatable bonds is 6. The minimum absolute atomic E-state index is 0.625. The second-order valence-corrected chi connectivity index (χ2v) is 5.58. The number of methoxy groups -OCH3 is 1. The molecule has 5 heteroatoms. The van der Waals surface area contributed by atoms with Crippen LogP contribution in [0.15, 0.2) is 29.3 Å². The van der Waals surface area contributed by atoms with Crippen molar-refractivity contribution in [3.8, 4) is 5.75 Å². The molecular weight excluding hydrogens is 276 g/mol. The molecule has 2 rings (SSSR count). The van der Waals surface area contributed by atoms with Crippen molar-refractivity contribution in [2.45, 2.75) is 32.4 Å². The Hall–Kier alpha value is -1.75. The van der Waals surface area contributed by atoms with Crippen LogP contribution in [-0.4, -0.2) is 50.7 Å². The molecule has 0 aliphatic carbocycles. The third kappa shape index (κ3) is 4.63. The Morgan fingerprint density at radius 2 is 2.27 bits per heavy atom. The predicted molar refractivity (Wildman–Crippen MR) is 91.5 cm³/mol. The van der Waals surface area contributed by atoms with Gasteiger partial charge in [-0.2, -0.15) is 0 Å². The smallest absolute Gasteiger partial charge is 0.191 e. The van der Waals surface area contributed by atoms with Crippen LogP contribution in [-0.2, 0) is 6.54 Å². The topological polar surface area (TPSA) is 48.9 Å². The van der Waals surface area contributed by atoms with Gasteiger partial charge in [-0.3, -0.25) is 9.89 Å². The molecule has 2 N–H and O–H groups in total. The number of guanidine groups is 1. The molecular formula is C17H28N4O. The van der Waals surface area contributed by atoms with Gasteiger partial charge in [-0.05, 0) is 43.6 Å². The number of nitrogens with zero attached hydrogens (tertiary/aromatic N) is 2. The first-order valence-corrected chi connectivity index (χ1v) is 8.08. The Balaban J connectivity index is 1.79. The van der Waals surface area contributed by atoms with E-state index in [2.05, 4.69) is 33.5 Å². The lowest BCUT2D eigenvalue weighted by Gasteiger charge is -2.24. The number of ether oxygens (including phenoxy) is 1. The summed E-state index contributed by atoms with van der Waals surface area (Å²) < 4.78 is 5.25. The highest BCUT2D eigenvalue weighted by Gasteiger charge is 2.22. The van der Waals surface area contributed by atoms with Crippen molar-refractivity contribution in [3.05, 3.63) is 29.8 Å². The zero-order valence-corrected chi connectivity index (χ0v) is 13.9. The van der Waals surface area contributed by atoms with Crippen molar-refractivity contribution in [2.75, 3.05) is 33.8 Å². The van der Waals surface area contributed by atoms with Crippen molar-refractivity contribution in [2.24, 2.45) is 4.99 Å². The molecule has 1 fully saturated rings. The van der Waals surface area contributed by atoms with Crippen LogP contribution in [0.2, 0.25) is 0 Å². The molecule has 5 nitrogen and oxygen atoms in total. The van der Waals surface area contributed by atoms with Gasteiger partial charge in [0, 0.05) is 26.2 Å². The Kier molecular flexibility index (Phi) is 6.52. The van der Waals surface area contributed by atoms with Crippen molar-refractivity contribution in [1.82, 2.24) is 15.5 Å². The molecule has 0 saturated carbocycles. The average Bonchev–Trinajstić information content (AvgIpc) is 3.02. The van der Waals surface area contributed by atoms with Crippen LogP contribution in [0.5, 0.6) is 5.75 Å². The lowest BCUT2D eigenvalue weighted by molar-refractivity contribution is 0.267. The summed E-state index contributed by atoms with van der Waals surface area (Å²) >= 11 is 0. The van der Waals surface area contributed by atoms with E-state index in [0.717, 1.165) is 31.3 Å². The molecule has 1 aliphatic heterocycles. The SMILES string of the molecule is CCN1CCCC1CNC(=NC)NCc1cccc(OC)c1. The van der Waals surface area contributed by atoms with Crippen LogP contribution < -0.4 is 15.4 Å². The van der Waals surface area contributed by atoms with Crippen LogP contribution >= 0.6 is 0 Å². The lowest BCUT2D eigenvalue weighted by atomic mass is 10.2. The quantitative estimate of drug-likeness (QED) is 0.622. The van der Waals surface area contributed by atoms with Crippen molar-refractivity contribution in [1.29, 1.82) is 0 Å². The van der Waals surface area contributed by atoms with E-state index in [0.29, 0.717) is 6.04 Å². The first-order valence-electron chi connectivity index (χ1n) is 8.08. The second kappa shape index (κ2) is 8.63. The summed E-state index contributed by atoms with van der Waals surface area (Å²) in [6.45, 7) is 6.26. The molecule has 0 aromatic heterocycles. The minimum atomic E-state index is 0.625. The van der Waals surface area contributed by atoms with Gasteiger partial charge in [0.2, 0.25) is 0 Å². The van der Waals surface area contributed by atoms with E-state index in [1.807, 2.05) is 25.2 Å². The first-order chi connectivity index (χ1) is 10.8. The summed E-state index contributed by atoms with van der Waals surface area (Å²) in [6.07, 6.45) is 2.57. The summed E-state index contributed by atoms with van der Waals surface area (Å²) in [6, 6.07) is 8.70. The molecule has 1 aromatic rings. The highest BCUT2D eigenvalue weighted by Crippen LogP contribution is 2.15.